The third kappa shape index (κ3) is 3.99. The van der Waals surface area contributed by atoms with Crippen molar-refractivity contribution in [3.63, 3.8) is 0 Å². The number of hydrogen-bond donors (Lipinski definition) is 1. The van der Waals surface area contributed by atoms with E-state index in [9.17, 15) is 0 Å². The first-order valence-electron chi connectivity index (χ1n) is 7.22. The molecule has 0 heterocycles. The summed E-state index contributed by atoms with van der Waals surface area (Å²) in [5.74, 6) is 0.896. The maximum Gasteiger partial charge on any atom is 0.118 e. The Morgan fingerprint density at radius 3 is 2.43 bits per heavy atom. The number of anilines is 1. The molecular weight excluding hydrogens is 260 g/mol. The fourth-order valence-corrected chi connectivity index (χ4v) is 2.51. The van der Waals surface area contributed by atoms with Crippen LogP contribution in [0.5, 0.6) is 5.75 Å². The van der Waals surface area contributed by atoms with Crippen molar-refractivity contribution in [3.05, 3.63) is 59.2 Å². The summed E-state index contributed by atoms with van der Waals surface area (Å²) < 4.78 is 5.20. The molecule has 2 rings (SSSR count). The van der Waals surface area contributed by atoms with Crippen molar-refractivity contribution >= 4 is 5.69 Å². The van der Waals surface area contributed by atoms with Crippen molar-refractivity contribution < 1.29 is 4.74 Å². The van der Waals surface area contributed by atoms with E-state index in [-0.39, 0.29) is 0 Å². The highest BCUT2D eigenvalue weighted by atomic mass is 16.5. The van der Waals surface area contributed by atoms with E-state index in [1.165, 1.54) is 22.4 Å². The van der Waals surface area contributed by atoms with Crippen LogP contribution in [0.3, 0.4) is 0 Å². The molecule has 0 amide bonds. The molecule has 0 saturated carbocycles. The van der Waals surface area contributed by atoms with Crippen LogP contribution in [0.4, 0.5) is 5.69 Å². The Labute approximate surface area is 127 Å². The molecule has 0 saturated heterocycles. The lowest BCUT2D eigenvalue weighted by molar-refractivity contribution is 0.414. The molecule has 0 spiro atoms. The maximum atomic E-state index is 5.20. The zero-order valence-corrected chi connectivity index (χ0v) is 13.3. The highest BCUT2D eigenvalue weighted by Gasteiger charge is 2.08. The number of methoxy groups -OCH3 is 1. The van der Waals surface area contributed by atoms with Crippen molar-refractivity contribution in [2.75, 3.05) is 26.1 Å². The van der Waals surface area contributed by atoms with Gasteiger partial charge in [-0.1, -0.05) is 29.8 Å². The predicted molar refractivity (Wildman–Crippen MR) is 89.0 cm³/mol. The molecule has 112 valence electrons. The van der Waals surface area contributed by atoms with Crippen LogP contribution in [-0.4, -0.2) is 21.2 Å². The van der Waals surface area contributed by atoms with Crippen LogP contribution in [0.25, 0.3) is 0 Å². The molecule has 1 N–H and O–H groups in total. The van der Waals surface area contributed by atoms with Gasteiger partial charge in [0.1, 0.15) is 5.75 Å². The van der Waals surface area contributed by atoms with E-state index in [1.54, 1.807) is 7.11 Å². The second-order valence-electron chi connectivity index (χ2n) is 5.37. The van der Waals surface area contributed by atoms with Gasteiger partial charge in [-0.3, -0.25) is 0 Å². The highest BCUT2D eigenvalue weighted by Crippen LogP contribution is 2.23. The molecule has 21 heavy (non-hydrogen) atoms. The van der Waals surface area contributed by atoms with Gasteiger partial charge in [-0.25, -0.2) is 0 Å². The zero-order chi connectivity index (χ0) is 15.2. The van der Waals surface area contributed by atoms with E-state index >= 15 is 0 Å². The molecule has 0 aliphatic rings. The summed E-state index contributed by atoms with van der Waals surface area (Å²) in [6, 6.07) is 14.9. The van der Waals surface area contributed by atoms with Gasteiger partial charge in [-0.05, 0) is 43.3 Å². The SMILES string of the molecule is CNCc1cc(C)ccc1N(C)Cc1ccc(OC)cc1. The van der Waals surface area contributed by atoms with Crippen molar-refractivity contribution in [2.24, 2.45) is 0 Å². The third-order valence-electron chi connectivity index (χ3n) is 3.59. The minimum absolute atomic E-state index is 0.879. The molecule has 2 aromatic carbocycles. The molecule has 0 unspecified atom stereocenters. The average molecular weight is 284 g/mol. The fourth-order valence-electron chi connectivity index (χ4n) is 2.51. The Kier molecular flexibility index (Phi) is 5.23. The van der Waals surface area contributed by atoms with E-state index in [4.69, 9.17) is 4.74 Å². The molecule has 0 fully saturated rings. The van der Waals surface area contributed by atoms with Gasteiger partial charge in [-0.2, -0.15) is 0 Å². The summed E-state index contributed by atoms with van der Waals surface area (Å²) in [5.41, 5.74) is 5.16. The summed E-state index contributed by atoms with van der Waals surface area (Å²) in [5, 5.41) is 3.24. The van der Waals surface area contributed by atoms with Crippen LogP contribution in [0.2, 0.25) is 0 Å². The largest absolute Gasteiger partial charge is 0.497 e. The molecular formula is C18H24N2O. The van der Waals surface area contributed by atoms with Crippen molar-refractivity contribution in [3.8, 4) is 5.75 Å². The van der Waals surface area contributed by atoms with Crippen LogP contribution in [0.15, 0.2) is 42.5 Å². The molecule has 0 aromatic heterocycles. The standard InChI is InChI=1S/C18H24N2O/c1-14-5-10-18(16(11-14)12-19-2)20(3)13-15-6-8-17(21-4)9-7-15/h5-11,19H,12-13H2,1-4H3. The summed E-state index contributed by atoms with van der Waals surface area (Å²) >= 11 is 0. The fraction of sp³-hybridized carbons (Fsp3) is 0.333. The third-order valence-corrected chi connectivity index (χ3v) is 3.59. The van der Waals surface area contributed by atoms with Crippen molar-refractivity contribution in [1.82, 2.24) is 5.32 Å². The van der Waals surface area contributed by atoms with Crippen LogP contribution in [0.1, 0.15) is 16.7 Å². The summed E-state index contributed by atoms with van der Waals surface area (Å²) in [4.78, 5) is 2.29. The lowest BCUT2D eigenvalue weighted by Gasteiger charge is -2.23. The van der Waals surface area contributed by atoms with Crippen LogP contribution in [0, 0.1) is 6.92 Å². The monoisotopic (exact) mass is 284 g/mol. The molecule has 0 radical (unpaired) electrons. The Hall–Kier alpha value is -2.00. The average Bonchev–Trinajstić information content (AvgIpc) is 2.48. The van der Waals surface area contributed by atoms with Crippen LogP contribution >= 0.6 is 0 Å². The summed E-state index contributed by atoms with van der Waals surface area (Å²) in [6.07, 6.45) is 0. The first kappa shape index (κ1) is 15.4. The van der Waals surface area contributed by atoms with Crippen molar-refractivity contribution in [2.45, 2.75) is 20.0 Å². The number of nitrogens with one attached hydrogen (secondary N) is 1. The minimum atomic E-state index is 0.879. The number of hydrogen-bond acceptors (Lipinski definition) is 3. The lowest BCUT2D eigenvalue weighted by Crippen LogP contribution is -2.19. The number of ether oxygens (including phenoxy) is 1. The van der Waals surface area contributed by atoms with Gasteiger partial charge in [0.05, 0.1) is 7.11 Å². The Morgan fingerprint density at radius 1 is 1.10 bits per heavy atom. The molecule has 0 aliphatic heterocycles. The van der Waals surface area contributed by atoms with E-state index in [0.717, 1.165) is 18.8 Å². The Morgan fingerprint density at radius 2 is 1.81 bits per heavy atom. The quantitative estimate of drug-likeness (QED) is 0.880. The van der Waals surface area contributed by atoms with Gasteiger partial charge in [0, 0.05) is 25.8 Å². The van der Waals surface area contributed by atoms with Gasteiger partial charge in [0.2, 0.25) is 0 Å². The van der Waals surface area contributed by atoms with E-state index in [1.807, 2.05) is 19.2 Å². The molecule has 3 heteroatoms. The lowest BCUT2D eigenvalue weighted by atomic mass is 10.1. The van der Waals surface area contributed by atoms with Gasteiger partial charge in [0.25, 0.3) is 0 Å². The summed E-state index contributed by atoms with van der Waals surface area (Å²) in [6.45, 7) is 3.89. The van der Waals surface area contributed by atoms with E-state index in [0.29, 0.717) is 0 Å². The number of nitrogens with zero attached hydrogens (tertiary/aromatic N) is 1. The minimum Gasteiger partial charge on any atom is -0.497 e. The first-order chi connectivity index (χ1) is 10.1. The smallest absolute Gasteiger partial charge is 0.118 e. The molecule has 0 atom stereocenters. The summed E-state index contributed by atoms with van der Waals surface area (Å²) in [7, 11) is 5.81. The van der Waals surface area contributed by atoms with Crippen LogP contribution in [-0.2, 0) is 13.1 Å². The van der Waals surface area contributed by atoms with E-state index < -0.39 is 0 Å². The first-order valence-corrected chi connectivity index (χ1v) is 7.22. The number of benzene rings is 2. The normalized spacial score (nSPS) is 10.5. The highest BCUT2D eigenvalue weighted by molar-refractivity contribution is 5.55. The molecule has 2 aromatic rings. The predicted octanol–water partition coefficient (Wildman–Crippen LogP) is 3.36. The van der Waals surface area contributed by atoms with Gasteiger partial charge >= 0.3 is 0 Å². The molecule has 0 bridgehead atoms. The van der Waals surface area contributed by atoms with E-state index in [2.05, 4.69) is 54.5 Å². The second kappa shape index (κ2) is 7.14. The Bertz CT molecular complexity index is 578. The number of aryl methyl sites for hydroxylation is 1. The zero-order valence-electron chi connectivity index (χ0n) is 13.3. The molecule has 3 nitrogen and oxygen atoms in total. The van der Waals surface area contributed by atoms with Gasteiger partial charge in [-0.15, -0.1) is 0 Å². The maximum absolute atomic E-state index is 5.20. The van der Waals surface area contributed by atoms with Gasteiger partial charge < -0.3 is 15.0 Å². The topological polar surface area (TPSA) is 24.5 Å². The number of rotatable bonds is 6. The molecule has 0 aliphatic carbocycles. The second-order valence-corrected chi connectivity index (χ2v) is 5.37. The Balaban J connectivity index is 2.16. The van der Waals surface area contributed by atoms with Crippen molar-refractivity contribution in [1.29, 1.82) is 0 Å². The van der Waals surface area contributed by atoms with Gasteiger partial charge in [0.15, 0.2) is 0 Å². The van der Waals surface area contributed by atoms with Crippen LogP contribution < -0.4 is 15.0 Å².